The lowest BCUT2D eigenvalue weighted by atomic mass is 10.1. The fraction of sp³-hybridized carbons (Fsp3) is 0.360. The number of rotatable bonds is 7. The van der Waals surface area contributed by atoms with Crippen LogP contribution < -0.4 is 10.1 Å². The molecule has 0 radical (unpaired) electrons. The van der Waals surface area contributed by atoms with Gasteiger partial charge in [-0.2, -0.15) is 5.10 Å². The molecule has 7 heteroatoms. The summed E-state index contributed by atoms with van der Waals surface area (Å²) in [4.78, 5) is 7.24. The molecule has 1 aromatic heterocycles. The zero-order chi connectivity index (χ0) is 21.3. The quantitative estimate of drug-likeness (QED) is 0.269. The van der Waals surface area contributed by atoms with Crippen LogP contribution in [0.15, 0.2) is 78.0 Å². The standard InChI is InChI=1S/C25H31N5O.HI/c1-2-26-25(29-19-14-24(15-20-29)31-23-7-4-3-5-8-23)27-17-13-21-9-11-22(12-10-21)30-18-6-16-28-30;/h3-12,16,18,24H,2,13-15,17,19-20H2,1H3,(H,26,27);1H. The van der Waals surface area contributed by atoms with Gasteiger partial charge in [-0.05, 0) is 49.2 Å². The van der Waals surface area contributed by atoms with Crippen LogP contribution in [-0.4, -0.2) is 52.9 Å². The largest absolute Gasteiger partial charge is 0.490 e. The summed E-state index contributed by atoms with van der Waals surface area (Å²) >= 11 is 0. The summed E-state index contributed by atoms with van der Waals surface area (Å²) in [6, 6.07) is 20.6. The molecule has 0 aliphatic carbocycles. The zero-order valence-electron chi connectivity index (χ0n) is 18.6. The fourth-order valence-corrected chi connectivity index (χ4v) is 3.83. The van der Waals surface area contributed by atoms with Gasteiger partial charge in [0.25, 0.3) is 0 Å². The number of para-hydroxylation sites is 1. The molecule has 1 fully saturated rings. The maximum atomic E-state index is 6.13. The molecule has 2 aromatic carbocycles. The van der Waals surface area contributed by atoms with Gasteiger partial charge in [0, 0.05) is 51.4 Å². The molecule has 0 amide bonds. The van der Waals surface area contributed by atoms with Crippen LogP contribution in [0.3, 0.4) is 0 Å². The summed E-state index contributed by atoms with van der Waals surface area (Å²) in [6.45, 7) is 5.68. The van der Waals surface area contributed by atoms with E-state index in [0.717, 1.165) is 62.8 Å². The van der Waals surface area contributed by atoms with Crippen LogP contribution in [0, 0.1) is 0 Å². The lowest BCUT2D eigenvalue weighted by Crippen LogP contribution is -2.47. The van der Waals surface area contributed by atoms with Crippen molar-refractivity contribution in [3.63, 3.8) is 0 Å². The SMILES string of the molecule is CCNC(=NCCc1ccc(-n2cccn2)cc1)N1CCC(Oc2ccccc2)CC1.I. The topological polar surface area (TPSA) is 54.7 Å². The summed E-state index contributed by atoms with van der Waals surface area (Å²) in [5.74, 6) is 1.97. The molecule has 0 spiro atoms. The van der Waals surface area contributed by atoms with Gasteiger partial charge < -0.3 is 15.0 Å². The Bertz CT molecular complexity index is 936. The third-order valence-corrected chi connectivity index (χ3v) is 5.49. The van der Waals surface area contributed by atoms with Crippen molar-refractivity contribution in [2.75, 3.05) is 26.2 Å². The maximum absolute atomic E-state index is 6.13. The van der Waals surface area contributed by atoms with Gasteiger partial charge in [0.05, 0.1) is 5.69 Å². The number of nitrogens with zero attached hydrogens (tertiary/aromatic N) is 4. The Hall–Kier alpha value is -2.55. The Morgan fingerprint density at radius 2 is 1.81 bits per heavy atom. The third-order valence-electron chi connectivity index (χ3n) is 5.49. The molecule has 0 bridgehead atoms. The Balaban J connectivity index is 0.00000289. The van der Waals surface area contributed by atoms with Crippen LogP contribution >= 0.6 is 24.0 Å². The van der Waals surface area contributed by atoms with Crippen LogP contribution in [0.25, 0.3) is 5.69 Å². The van der Waals surface area contributed by atoms with Gasteiger partial charge in [0.2, 0.25) is 0 Å². The normalized spacial score (nSPS) is 14.7. The number of guanidine groups is 1. The minimum absolute atomic E-state index is 0. The van der Waals surface area contributed by atoms with Crippen LogP contribution in [0.1, 0.15) is 25.3 Å². The Morgan fingerprint density at radius 1 is 1.06 bits per heavy atom. The summed E-state index contributed by atoms with van der Waals surface area (Å²) in [5.41, 5.74) is 2.36. The number of hydrogen-bond acceptors (Lipinski definition) is 3. The Labute approximate surface area is 207 Å². The first-order valence-electron chi connectivity index (χ1n) is 11.2. The predicted octanol–water partition coefficient (Wildman–Crippen LogP) is 4.54. The number of aliphatic imine (C=N–C) groups is 1. The van der Waals surface area contributed by atoms with Gasteiger partial charge in [-0.1, -0.05) is 30.3 Å². The number of benzene rings is 2. The molecule has 6 nitrogen and oxygen atoms in total. The van der Waals surface area contributed by atoms with E-state index in [9.17, 15) is 0 Å². The van der Waals surface area contributed by atoms with E-state index in [-0.39, 0.29) is 30.1 Å². The van der Waals surface area contributed by atoms with Crippen molar-refractivity contribution >= 4 is 29.9 Å². The molecule has 0 atom stereocenters. The van der Waals surface area contributed by atoms with Crippen LogP contribution in [0.4, 0.5) is 0 Å². The zero-order valence-corrected chi connectivity index (χ0v) is 20.9. The molecule has 1 saturated heterocycles. The van der Waals surface area contributed by atoms with Crippen molar-refractivity contribution in [2.45, 2.75) is 32.3 Å². The summed E-state index contributed by atoms with van der Waals surface area (Å²) in [6.07, 6.45) is 6.96. The summed E-state index contributed by atoms with van der Waals surface area (Å²) < 4.78 is 8.00. The number of likely N-dealkylation sites (tertiary alicyclic amines) is 1. The highest BCUT2D eigenvalue weighted by Gasteiger charge is 2.22. The molecular formula is C25H32IN5O. The van der Waals surface area contributed by atoms with E-state index in [0.29, 0.717) is 0 Å². The first-order chi connectivity index (χ1) is 15.3. The van der Waals surface area contributed by atoms with Crippen molar-refractivity contribution < 1.29 is 4.74 Å². The molecular weight excluding hydrogens is 513 g/mol. The number of halogens is 1. The van der Waals surface area contributed by atoms with Crippen LogP contribution in [-0.2, 0) is 6.42 Å². The van der Waals surface area contributed by atoms with Gasteiger partial charge in [0.1, 0.15) is 11.9 Å². The molecule has 0 saturated carbocycles. The van der Waals surface area contributed by atoms with Gasteiger partial charge in [-0.25, -0.2) is 4.68 Å². The molecule has 1 N–H and O–H groups in total. The van der Waals surface area contributed by atoms with Gasteiger partial charge in [-0.3, -0.25) is 4.99 Å². The molecule has 1 aliphatic rings. The van der Waals surface area contributed by atoms with Gasteiger partial charge >= 0.3 is 0 Å². The fourth-order valence-electron chi connectivity index (χ4n) is 3.83. The monoisotopic (exact) mass is 545 g/mol. The van der Waals surface area contributed by atoms with E-state index in [1.807, 2.05) is 47.3 Å². The van der Waals surface area contributed by atoms with E-state index in [4.69, 9.17) is 9.73 Å². The highest BCUT2D eigenvalue weighted by molar-refractivity contribution is 14.0. The summed E-state index contributed by atoms with van der Waals surface area (Å²) in [5, 5.41) is 7.73. The van der Waals surface area contributed by atoms with E-state index >= 15 is 0 Å². The minimum atomic E-state index is 0. The van der Waals surface area contributed by atoms with E-state index in [1.54, 1.807) is 6.20 Å². The highest BCUT2D eigenvalue weighted by atomic mass is 127. The van der Waals surface area contributed by atoms with Crippen molar-refractivity contribution in [3.8, 4) is 11.4 Å². The van der Waals surface area contributed by atoms with Crippen molar-refractivity contribution in [3.05, 3.63) is 78.6 Å². The number of aromatic nitrogens is 2. The number of nitrogens with one attached hydrogen (secondary N) is 1. The molecule has 170 valence electrons. The molecule has 3 aromatic rings. The summed E-state index contributed by atoms with van der Waals surface area (Å²) in [7, 11) is 0. The third kappa shape index (κ3) is 6.72. The second-order valence-electron chi connectivity index (χ2n) is 7.72. The van der Waals surface area contributed by atoms with E-state index in [1.165, 1.54) is 5.56 Å². The van der Waals surface area contributed by atoms with Gasteiger partial charge in [0.15, 0.2) is 5.96 Å². The van der Waals surface area contributed by atoms with Crippen molar-refractivity contribution in [1.29, 1.82) is 0 Å². The van der Waals surface area contributed by atoms with Crippen molar-refractivity contribution in [1.82, 2.24) is 20.0 Å². The number of piperidine rings is 1. The highest BCUT2D eigenvalue weighted by Crippen LogP contribution is 2.18. The lowest BCUT2D eigenvalue weighted by molar-refractivity contribution is 0.129. The number of ether oxygens (including phenoxy) is 1. The average molecular weight is 545 g/mol. The average Bonchev–Trinajstić information content (AvgIpc) is 3.35. The Kier molecular flexibility index (Phi) is 9.40. The second-order valence-corrected chi connectivity index (χ2v) is 7.72. The van der Waals surface area contributed by atoms with Gasteiger partial charge in [-0.15, -0.1) is 24.0 Å². The first kappa shape index (κ1) is 24.1. The maximum Gasteiger partial charge on any atom is 0.193 e. The molecule has 2 heterocycles. The van der Waals surface area contributed by atoms with E-state index < -0.39 is 0 Å². The second kappa shape index (κ2) is 12.5. The van der Waals surface area contributed by atoms with Crippen LogP contribution in [0.5, 0.6) is 5.75 Å². The molecule has 4 rings (SSSR count). The van der Waals surface area contributed by atoms with Crippen molar-refractivity contribution in [2.24, 2.45) is 4.99 Å². The lowest BCUT2D eigenvalue weighted by Gasteiger charge is -2.34. The van der Waals surface area contributed by atoms with Crippen LogP contribution in [0.2, 0.25) is 0 Å². The van der Waals surface area contributed by atoms with E-state index in [2.05, 4.69) is 46.5 Å². The minimum Gasteiger partial charge on any atom is -0.490 e. The Morgan fingerprint density at radius 3 is 2.47 bits per heavy atom. The number of hydrogen-bond donors (Lipinski definition) is 1. The smallest absolute Gasteiger partial charge is 0.193 e. The predicted molar refractivity (Wildman–Crippen MR) is 140 cm³/mol. The first-order valence-corrected chi connectivity index (χ1v) is 11.2. The molecule has 1 aliphatic heterocycles. The molecule has 32 heavy (non-hydrogen) atoms. The molecule has 0 unspecified atom stereocenters.